The van der Waals surface area contributed by atoms with Crippen molar-refractivity contribution < 1.29 is 14.0 Å². The number of piperidine rings is 1. The van der Waals surface area contributed by atoms with Gasteiger partial charge in [-0.3, -0.25) is 9.59 Å². The number of anilines is 1. The fourth-order valence-corrected chi connectivity index (χ4v) is 3.70. The summed E-state index contributed by atoms with van der Waals surface area (Å²) in [6.07, 6.45) is 1.85. The Kier molecular flexibility index (Phi) is 6.43. The predicted octanol–water partition coefficient (Wildman–Crippen LogP) is 3.70. The summed E-state index contributed by atoms with van der Waals surface area (Å²) >= 11 is 0. The Bertz CT molecular complexity index is 1040. The Balaban J connectivity index is 1.61. The highest BCUT2D eigenvalue weighted by molar-refractivity contribution is 5.98. The number of aromatic nitrogens is 1. The zero-order valence-electron chi connectivity index (χ0n) is 17.5. The van der Waals surface area contributed by atoms with E-state index >= 15 is 0 Å². The zero-order chi connectivity index (χ0) is 21.6. The molecular weight excluding hydrogens is 392 g/mol. The first-order valence-electron chi connectivity index (χ1n) is 10.5. The monoisotopic (exact) mass is 418 g/mol. The lowest BCUT2D eigenvalue weighted by molar-refractivity contribution is -0.114. The van der Waals surface area contributed by atoms with Crippen molar-refractivity contribution in [2.45, 2.75) is 32.2 Å². The summed E-state index contributed by atoms with van der Waals surface area (Å²) in [5, 5.41) is 9.03. The van der Waals surface area contributed by atoms with Gasteiger partial charge in [0.25, 0.3) is 5.91 Å². The van der Waals surface area contributed by atoms with E-state index in [2.05, 4.69) is 20.9 Å². The van der Waals surface area contributed by atoms with Gasteiger partial charge in [0.1, 0.15) is 0 Å². The van der Waals surface area contributed by atoms with Crippen LogP contribution in [0, 0.1) is 0 Å². The number of nitrogens with zero attached hydrogens (tertiary/aromatic N) is 1. The van der Waals surface area contributed by atoms with Crippen molar-refractivity contribution in [3.05, 3.63) is 71.7 Å². The Morgan fingerprint density at radius 2 is 1.77 bits per heavy atom. The zero-order valence-corrected chi connectivity index (χ0v) is 17.5. The fraction of sp³-hybridized carbons (Fsp3) is 0.292. The van der Waals surface area contributed by atoms with E-state index in [4.69, 9.17) is 4.42 Å². The fourth-order valence-electron chi connectivity index (χ4n) is 3.70. The smallest absolute Gasteiger partial charge is 0.274 e. The normalized spacial score (nSPS) is 14.2. The van der Waals surface area contributed by atoms with Crippen molar-refractivity contribution in [1.82, 2.24) is 15.6 Å². The van der Waals surface area contributed by atoms with Crippen LogP contribution in [-0.4, -0.2) is 29.9 Å². The van der Waals surface area contributed by atoms with E-state index < -0.39 is 0 Å². The van der Waals surface area contributed by atoms with Gasteiger partial charge >= 0.3 is 0 Å². The number of oxazole rings is 1. The molecule has 0 bridgehead atoms. The summed E-state index contributed by atoms with van der Waals surface area (Å²) in [5.41, 5.74) is 2.73. The van der Waals surface area contributed by atoms with Crippen molar-refractivity contribution >= 4 is 17.5 Å². The SMILES string of the molecule is CC(=O)Nc1ccc(-c2oc(C3CCNCC3)nc2C(=O)NCc2ccccc2)cc1. The average Bonchev–Trinajstić information content (AvgIpc) is 3.24. The highest BCUT2D eigenvalue weighted by atomic mass is 16.4. The van der Waals surface area contributed by atoms with Gasteiger partial charge in [-0.15, -0.1) is 0 Å². The first kappa shape index (κ1) is 20.8. The molecule has 1 aromatic heterocycles. The third-order valence-electron chi connectivity index (χ3n) is 5.31. The number of hydrogen-bond acceptors (Lipinski definition) is 5. The number of nitrogens with one attached hydrogen (secondary N) is 3. The molecule has 31 heavy (non-hydrogen) atoms. The lowest BCUT2D eigenvalue weighted by atomic mass is 9.98. The molecule has 160 valence electrons. The third-order valence-corrected chi connectivity index (χ3v) is 5.31. The lowest BCUT2D eigenvalue weighted by Crippen LogP contribution is -2.27. The van der Waals surface area contributed by atoms with Crippen LogP contribution in [0.1, 0.15) is 47.6 Å². The van der Waals surface area contributed by atoms with Crippen LogP contribution >= 0.6 is 0 Å². The molecule has 1 fully saturated rings. The van der Waals surface area contributed by atoms with Crippen LogP contribution in [0.3, 0.4) is 0 Å². The van der Waals surface area contributed by atoms with E-state index in [0.717, 1.165) is 37.1 Å². The minimum Gasteiger partial charge on any atom is -0.440 e. The standard InChI is InChI=1S/C24H26N4O3/c1-16(29)27-20-9-7-18(8-10-20)22-21(23(30)26-15-17-5-3-2-4-6-17)28-24(31-22)19-11-13-25-14-12-19/h2-10,19,25H,11-15H2,1H3,(H,26,30)(H,27,29). The lowest BCUT2D eigenvalue weighted by Gasteiger charge is -2.19. The van der Waals surface area contributed by atoms with E-state index in [9.17, 15) is 9.59 Å². The van der Waals surface area contributed by atoms with Crippen molar-refractivity contribution in [1.29, 1.82) is 0 Å². The van der Waals surface area contributed by atoms with E-state index in [1.54, 1.807) is 12.1 Å². The number of rotatable bonds is 6. The van der Waals surface area contributed by atoms with Gasteiger partial charge in [0.15, 0.2) is 17.3 Å². The van der Waals surface area contributed by atoms with Gasteiger partial charge in [-0.1, -0.05) is 30.3 Å². The van der Waals surface area contributed by atoms with Crippen LogP contribution < -0.4 is 16.0 Å². The predicted molar refractivity (Wildman–Crippen MR) is 119 cm³/mol. The molecule has 2 amide bonds. The van der Waals surface area contributed by atoms with Crippen molar-refractivity contribution in [3.63, 3.8) is 0 Å². The van der Waals surface area contributed by atoms with Crippen LogP contribution in [0.2, 0.25) is 0 Å². The quantitative estimate of drug-likeness (QED) is 0.567. The molecule has 0 radical (unpaired) electrons. The Hall–Kier alpha value is -3.45. The van der Waals surface area contributed by atoms with Crippen LogP contribution in [-0.2, 0) is 11.3 Å². The van der Waals surface area contributed by atoms with Crippen LogP contribution in [0.4, 0.5) is 5.69 Å². The minimum atomic E-state index is -0.270. The van der Waals surface area contributed by atoms with Crippen LogP contribution in [0.5, 0.6) is 0 Å². The van der Waals surface area contributed by atoms with Crippen molar-refractivity contribution in [2.24, 2.45) is 0 Å². The molecule has 0 saturated carbocycles. The summed E-state index contributed by atoms with van der Waals surface area (Å²) in [4.78, 5) is 28.9. The molecule has 3 aromatic rings. The first-order valence-corrected chi connectivity index (χ1v) is 10.5. The van der Waals surface area contributed by atoms with Crippen molar-refractivity contribution in [3.8, 4) is 11.3 Å². The highest BCUT2D eigenvalue weighted by Crippen LogP contribution is 2.32. The summed E-state index contributed by atoms with van der Waals surface area (Å²) < 4.78 is 6.15. The summed E-state index contributed by atoms with van der Waals surface area (Å²) in [5.74, 6) is 0.838. The van der Waals surface area contributed by atoms with Gasteiger partial charge in [0, 0.05) is 30.6 Å². The van der Waals surface area contributed by atoms with E-state index in [1.807, 2.05) is 42.5 Å². The average molecular weight is 418 g/mol. The number of carbonyl (C=O) groups is 2. The second-order valence-corrected chi connectivity index (χ2v) is 7.68. The number of carbonyl (C=O) groups excluding carboxylic acids is 2. The number of amides is 2. The van der Waals surface area contributed by atoms with Gasteiger partial charge in [-0.2, -0.15) is 0 Å². The molecule has 7 nitrogen and oxygen atoms in total. The van der Waals surface area contributed by atoms with Gasteiger partial charge in [-0.05, 0) is 55.8 Å². The van der Waals surface area contributed by atoms with Gasteiger partial charge in [0.2, 0.25) is 5.91 Å². The number of benzene rings is 2. The molecule has 0 spiro atoms. The molecule has 0 unspecified atom stereocenters. The molecule has 4 rings (SSSR count). The van der Waals surface area contributed by atoms with Crippen molar-refractivity contribution in [2.75, 3.05) is 18.4 Å². The topological polar surface area (TPSA) is 96.3 Å². The first-order chi connectivity index (χ1) is 15.1. The maximum absolute atomic E-state index is 13.0. The Labute approximate surface area is 181 Å². The molecule has 1 aliphatic heterocycles. The third kappa shape index (κ3) is 5.19. The van der Waals surface area contributed by atoms with Crippen LogP contribution in [0.25, 0.3) is 11.3 Å². The molecule has 2 heterocycles. The highest BCUT2D eigenvalue weighted by Gasteiger charge is 2.26. The molecule has 1 aliphatic rings. The molecule has 0 atom stereocenters. The second-order valence-electron chi connectivity index (χ2n) is 7.68. The number of hydrogen-bond donors (Lipinski definition) is 3. The molecule has 2 aromatic carbocycles. The summed E-state index contributed by atoms with van der Waals surface area (Å²) in [7, 11) is 0. The van der Waals surface area contributed by atoms with Gasteiger partial charge in [-0.25, -0.2) is 4.98 Å². The minimum absolute atomic E-state index is 0.137. The van der Waals surface area contributed by atoms with E-state index in [1.165, 1.54) is 6.92 Å². The Morgan fingerprint density at radius 1 is 1.06 bits per heavy atom. The summed E-state index contributed by atoms with van der Waals surface area (Å²) in [6, 6.07) is 17.0. The molecule has 3 N–H and O–H groups in total. The van der Waals surface area contributed by atoms with E-state index in [-0.39, 0.29) is 23.4 Å². The van der Waals surface area contributed by atoms with E-state index in [0.29, 0.717) is 23.9 Å². The maximum atomic E-state index is 13.0. The molecule has 7 heteroatoms. The second kappa shape index (κ2) is 9.57. The Morgan fingerprint density at radius 3 is 2.45 bits per heavy atom. The maximum Gasteiger partial charge on any atom is 0.274 e. The van der Waals surface area contributed by atoms with Crippen LogP contribution in [0.15, 0.2) is 59.0 Å². The van der Waals surface area contributed by atoms with Gasteiger partial charge < -0.3 is 20.4 Å². The molecule has 1 saturated heterocycles. The largest absolute Gasteiger partial charge is 0.440 e. The summed E-state index contributed by atoms with van der Waals surface area (Å²) in [6.45, 7) is 3.69. The molecule has 0 aliphatic carbocycles. The van der Waals surface area contributed by atoms with Gasteiger partial charge in [0.05, 0.1) is 0 Å². The molecular formula is C24H26N4O3.